The molecule has 1 aliphatic heterocycles. The van der Waals surface area contributed by atoms with E-state index in [1.165, 1.54) is 0 Å². The normalized spacial score (nSPS) is 23.5. The summed E-state index contributed by atoms with van der Waals surface area (Å²) in [5.74, 6) is -0.168. The van der Waals surface area contributed by atoms with Crippen molar-refractivity contribution in [2.24, 2.45) is 0 Å². The van der Waals surface area contributed by atoms with Crippen LogP contribution in [0.15, 0.2) is 22.7 Å². The van der Waals surface area contributed by atoms with Crippen molar-refractivity contribution in [3.05, 3.63) is 28.2 Å². The van der Waals surface area contributed by atoms with E-state index in [-0.39, 0.29) is 11.8 Å². The summed E-state index contributed by atoms with van der Waals surface area (Å²) in [5, 5.41) is 2.72. The molecule has 1 heterocycles. The lowest BCUT2D eigenvalue weighted by Crippen LogP contribution is -2.62. The molecule has 1 saturated heterocycles. The summed E-state index contributed by atoms with van der Waals surface area (Å²) < 4.78 is 0.834. The molecule has 4 nitrogen and oxygen atoms in total. The number of carbonyl (C=O) groups is 2. The van der Waals surface area contributed by atoms with Gasteiger partial charge in [0.05, 0.1) is 5.69 Å². The molecule has 19 heavy (non-hydrogen) atoms. The van der Waals surface area contributed by atoms with Crippen LogP contribution in [0.5, 0.6) is 0 Å². The average molecular weight is 325 g/mol. The lowest BCUT2D eigenvalue weighted by molar-refractivity contribution is -0.133. The third-order valence-electron chi connectivity index (χ3n) is 3.33. The second-order valence-corrected chi connectivity index (χ2v) is 5.67. The van der Waals surface area contributed by atoms with Crippen LogP contribution in [-0.4, -0.2) is 23.9 Å². The molecule has 1 aromatic carbocycles. The van der Waals surface area contributed by atoms with Gasteiger partial charge in [-0.3, -0.25) is 14.5 Å². The van der Waals surface area contributed by atoms with E-state index in [4.69, 9.17) is 0 Å². The Morgan fingerprint density at radius 1 is 1.37 bits per heavy atom. The number of benzene rings is 1. The van der Waals surface area contributed by atoms with Crippen LogP contribution >= 0.6 is 15.9 Å². The molecule has 0 bridgehead atoms. The fourth-order valence-electron chi connectivity index (χ4n) is 2.31. The lowest BCUT2D eigenvalue weighted by Gasteiger charge is -2.38. The quantitative estimate of drug-likeness (QED) is 0.908. The molecule has 2 unspecified atom stereocenters. The van der Waals surface area contributed by atoms with Gasteiger partial charge in [0.15, 0.2) is 0 Å². The van der Waals surface area contributed by atoms with E-state index in [0.717, 1.165) is 15.7 Å². The second-order valence-electron chi connectivity index (χ2n) is 4.82. The predicted octanol–water partition coefficient (Wildman–Crippen LogP) is 2.39. The minimum Gasteiger partial charge on any atom is -0.343 e. The lowest BCUT2D eigenvalue weighted by atomic mass is 10.0. The monoisotopic (exact) mass is 324 g/mol. The molecule has 1 N–H and O–H groups in total. The number of aryl methyl sites for hydroxylation is 1. The van der Waals surface area contributed by atoms with E-state index in [0.29, 0.717) is 6.42 Å². The largest absolute Gasteiger partial charge is 0.343 e. The van der Waals surface area contributed by atoms with Gasteiger partial charge < -0.3 is 5.32 Å². The van der Waals surface area contributed by atoms with Crippen LogP contribution in [-0.2, 0) is 9.59 Å². The van der Waals surface area contributed by atoms with E-state index in [1.54, 1.807) is 11.8 Å². The van der Waals surface area contributed by atoms with Gasteiger partial charge in [-0.15, -0.1) is 0 Å². The molecule has 2 rings (SSSR count). The summed E-state index contributed by atoms with van der Waals surface area (Å²) in [6.45, 7) is 5.60. The molecule has 1 aromatic rings. The average Bonchev–Trinajstić information content (AvgIpc) is 2.34. The first-order valence-electron chi connectivity index (χ1n) is 6.35. The number of hydrogen-bond donors (Lipinski definition) is 1. The first-order chi connectivity index (χ1) is 8.95. The van der Waals surface area contributed by atoms with Crippen molar-refractivity contribution in [1.82, 2.24) is 5.32 Å². The van der Waals surface area contributed by atoms with Crippen molar-refractivity contribution in [2.45, 2.75) is 39.3 Å². The molecule has 0 spiro atoms. The molecule has 0 saturated carbocycles. The number of piperazine rings is 1. The van der Waals surface area contributed by atoms with Gasteiger partial charge in [0.25, 0.3) is 0 Å². The van der Waals surface area contributed by atoms with Crippen LogP contribution in [0, 0.1) is 6.92 Å². The molecule has 1 fully saturated rings. The van der Waals surface area contributed by atoms with Gasteiger partial charge in [-0.05, 0) is 53.9 Å². The van der Waals surface area contributed by atoms with Gasteiger partial charge >= 0.3 is 0 Å². The van der Waals surface area contributed by atoms with Crippen molar-refractivity contribution >= 4 is 33.4 Å². The molecular formula is C14H17BrN2O2. The number of rotatable bonds is 2. The highest BCUT2D eigenvalue weighted by Gasteiger charge is 2.39. The summed E-state index contributed by atoms with van der Waals surface area (Å²) in [4.78, 5) is 26.0. The number of nitrogens with one attached hydrogen (secondary N) is 1. The Balaban J connectivity index is 2.48. The van der Waals surface area contributed by atoms with Gasteiger partial charge in [0.2, 0.25) is 11.8 Å². The Morgan fingerprint density at radius 3 is 2.63 bits per heavy atom. The van der Waals surface area contributed by atoms with E-state index in [1.807, 2.05) is 32.0 Å². The second kappa shape index (κ2) is 5.33. The van der Waals surface area contributed by atoms with E-state index < -0.39 is 12.1 Å². The summed E-state index contributed by atoms with van der Waals surface area (Å²) in [6.07, 6.45) is 0.588. The van der Waals surface area contributed by atoms with Gasteiger partial charge in [0, 0.05) is 4.47 Å². The van der Waals surface area contributed by atoms with E-state index in [2.05, 4.69) is 21.2 Å². The third kappa shape index (κ3) is 2.52. The third-order valence-corrected chi connectivity index (χ3v) is 3.97. The van der Waals surface area contributed by atoms with Crippen LogP contribution in [0.4, 0.5) is 5.69 Å². The van der Waals surface area contributed by atoms with E-state index >= 15 is 0 Å². The summed E-state index contributed by atoms with van der Waals surface area (Å²) in [6, 6.07) is 4.85. The van der Waals surface area contributed by atoms with Gasteiger partial charge in [0.1, 0.15) is 12.1 Å². The summed E-state index contributed by atoms with van der Waals surface area (Å²) >= 11 is 3.48. The first-order valence-corrected chi connectivity index (χ1v) is 7.14. The first kappa shape index (κ1) is 14.1. The smallest absolute Gasteiger partial charge is 0.250 e. The van der Waals surface area contributed by atoms with Gasteiger partial charge in [-0.1, -0.05) is 13.0 Å². The van der Waals surface area contributed by atoms with Crippen LogP contribution in [0.25, 0.3) is 0 Å². The molecule has 2 amide bonds. The Morgan fingerprint density at radius 2 is 2.05 bits per heavy atom. The molecule has 2 atom stereocenters. The van der Waals surface area contributed by atoms with Gasteiger partial charge in [-0.25, -0.2) is 0 Å². The van der Waals surface area contributed by atoms with Crippen molar-refractivity contribution in [3.63, 3.8) is 0 Å². The Bertz CT molecular complexity index is 530. The standard InChI is InChI=1S/C14H17BrN2O2/c1-4-11-13(18)16-9(3)14(19)17(11)12-6-5-8(2)7-10(12)15/h5-7,9,11H,4H2,1-3H3,(H,16,18). The molecule has 102 valence electrons. The fourth-order valence-corrected chi connectivity index (χ4v) is 3.00. The van der Waals surface area contributed by atoms with Crippen molar-refractivity contribution in [2.75, 3.05) is 4.90 Å². The summed E-state index contributed by atoms with van der Waals surface area (Å²) in [5.41, 5.74) is 1.86. The zero-order valence-electron chi connectivity index (χ0n) is 11.2. The maximum absolute atomic E-state index is 12.4. The maximum Gasteiger partial charge on any atom is 0.250 e. The zero-order valence-corrected chi connectivity index (χ0v) is 12.8. The number of carbonyl (C=O) groups excluding carboxylic acids is 2. The molecule has 0 aliphatic carbocycles. The maximum atomic E-state index is 12.4. The predicted molar refractivity (Wildman–Crippen MR) is 78.0 cm³/mol. The van der Waals surface area contributed by atoms with Crippen LogP contribution in [0.3, 0.4) is 0 Å². The molecule has 1 aliphatic rings. The van der Waals surface area contributed by atoms with Crippen molar-refractivity contribution in [1.29, 1.82) is 0 Å². The number of hydrogen-bond acceptors (Lipinski definition) is 2. The Kier molecular flexibility index (Phi) is 3.94. The van der Waals surface area contributed by atoms with Crippen LogP contribution < -0.4 is 10.2 Å². The Labute approximate surface area is 121 Å². The summed E-state index contributed by atoms with van der Waals surface area (Å²) in [7, 11) is 0. The highest BCUT2D eigenvalue weighted by atomic mass is 79.9. The molecule has 0 radical (unpaired) electrons. The highest BCUT2D eigenvalue weighted by Crippen LogP contribution is 2.31. The Hall–Kier alpha value is -1.36. The minimum absolute atomic E-state index is 0.0731. The number of halogens is 1. The number of amides is 2. The zero-order chi connectivity index (χ0) is 14.2. The molecule has 0 aromatic heterocycles. The number of anilines is 1. The van der Waals surface area contributed by atoms with Crippen molar-refractivity contribution in [3.8, 4) is 0 Å². The van der Waals surface area contributed by atoms with Crippen molar-refractivity contribution < 1.29 is 9.59 Å². The van der Waals surface area contributed by atoms with Gasteiger partial charge in [-0.2, -0.15) is 0 Å². The molecule has 5 heteroatoms. The SMILES string of the molecule is CCC1C(=O)NC(C)C(=O)N1c1ccc(C)cc1Br. The minimum atomic E-state index is -0.483. The number of nitrogens with zero attached hydrogens (tertiary/aromatic N) is 1. The highest BCUT2D eigenvalue weighted by molar-refractivity contribution is 9.10. The molecular weight excluding hydrogens is 308 g/mol. The topological polar surface area (TPSA) is 49.4 Å². The van der Waals surface area contributed by atoms with Crippen LogP contribution in [0.2, 0.25) is 0 Å². The van der Waals surface area contributed by atoms with Crippen LogP contribution in [0.1, 0.15) is 25.8 Å². The van der Waals surface area contributed by atoms with E-state index in [9.17, 15) is 9.59 Å². The fraction of sp³-hybridized carbons (Fsp3) is 0.429.